The fourth-order valence-electron chi connectivity index (χ4n) is 3.10. The average Bonchev–Trinajstić information content (AvgIpc) is 2.96. The van der Waals surface area contributed by atoms with Crippen LogP contribution in [0, 0.1) is 13.8 Å². The van der Waals surface area contributed by atoms with Gasteiger partial charge in [0.05, 0.1) is 11.9 Å². The number of rotatable bonds is 7. The van der Waals surface area contributed by atoms with Crippen LogP contribution in [-0.2, 0) is 10.0 Å². The summed E-state index contributed by atoms with van der Waals surface area (Å²) in [5.41, 5.74) is 2.70. The van der Waals surface area contributed by atoms with Crippen LogP contribution in [-0.4, -0.2) is 25.1 Å². The molecule has 0 saturated heterocycles. The second kappa shape index (κ2) is 7.90. The molecule has 2 heterocycles. The third kappa shape index (κ3) is 4.43. The van der Waals surface area contributed by atoms with Crippen molar-refractivity contribution in [2.24, 2.45) is 0 Å². The van der Waals surface area contributed by atoms with Crippen molar-refractivity contribution in [3.63, 3.8) is 0 Å². The SMILES string of the molecule is Cc1noc(C)c1S(=O)(=O)Nc1ccc(NCCC2=CCCCC2)cn1. The van der Waals surface area contributed by atoms with E-state index >= 15 is 0 Å². The zero-order chi connectivity index (χ0) is 18.6. The number of nitrogens with zero attached hydrogens (tertiary/aromatic N) is 2. The number of aromatic nitrogens is 2. The molecule has 1 aliphatic carbocycles. The van der Waals surface area contributed by atoms with Gasteiger partial charge in [-0.1, -0.05) is 16.8 Å². The molecule has 0 saturated carbocycles. The van der Waals surface area contributed by atoms with Crippen LogP contribution >= 0.6 is 0 Å². The molecule has 2 aromatic heterocycles. The van der Waals surface area contributed by atoms with Gasteiger partial charge in [0.2, 0.25) is 0 Å². The number of hydrogen-bond acceptors (Lipinski definition) is 6. The number of sulfonamides is 1. The van der Waals surface area contributed by atoms with Gasteiger partial charge in [-0.25, -0.2) is 13.4 Å². The lowest BCUT2D eigenvalue weighted by Gasteiger charge is -2.13. The molecular formula is C18H24N4O3S. The summed E-state index contributed by atoms with van der Waals surface area (Å²) >= 11 is 0. The smallest absolute Gasteiger partial charge is 0.268 e. The molecular weight excluding hydrogens is 352 g/mol. The number of allylic oxidation sites excluding steroid dienone is 1. The van der Waals surface area contributed by atoms with Gasteiger partial charge in [0.1, 0.15) is 11.5 Å². The number of pyridine rings is 1. The van der Waals surface area contributed by atoms with Crippen LogP contribution in [0.25, 0.3) is 0 Å². The van der Waals surface area contributed by atoms with Crippen LogP contribution in [0.15, 0.2) is 39.4 Å². The number of nitrogens with one attached hydrogen (secondary N) is 2. The Morgan fingerprint density at radius 3 is 2.69 bits per heavy atom. The summed E-state index contributed by atoms with van der Waals surface area (Å²) in [6.07, 6.45) is 9.97. The highest BCUT2D eigenvalue weighted by atomic mass is 32.2. The maximum atomic E-state index is 12.5. The molecule has 0 spiro atoms. The van der Waals surface area contributed by atoms with Gasteiger partial charge < -0.3 is 9.84 Å². The van der Waals surface area contributed by atoms with Crippen molar-refractivity contribution in [1.29, 1.82) is 0 Å². The van der Waals surface area contributed by atoms with Crippen LogP contribution in [0.5, 0.6) is 0 Å². The fraction of sp³-hybridized carbons (Fsp3) is 0.444. The lowest BCUT2D eigenvalue weighted by molar-refractivity contribution is 0.390. The van der Waals surface area contributed by atoms with Crippen molar-refractivity contribution in [1.82, 2.24) is 10.1 Å². The van der Waals surface area contributed by atoms with Crippen molar-refractivity contribution in [3.8, 4) is 0 Å². The number of aryl methyl sites for hydroxylation is 2. The molecule has 7 nitrogen and oxygen atoms in total. The molecule has 0 aliphatic heterocycles. The Bertz CT molecular complexity index is 866. The molecule has 0 aromatic carbocycles. The van der Waals surface area contributed by atoms with Crippen LogP contribution in [0.4, 0.5) is 11.5 Å². The van der Waals surface area contributed by atoms with Gasteiger partial charge in [-0.3, -0.25) is 4.72 Å². The van der Waals surface area contributed by atoms with Gasteiger partial charge in [0.15, 0.2) is 10.7 Å². The molecule has 0 bridgehead atoms. The maximum absolute atomic E-state index is 12.5. The van der Waals surface area contributed by atoms with Crippen LogP contribution < -0.4 is 10.0 Å². The Balaban J connectivity index is 1.58. The summed E-state index contributed by atoms with van der Waals surface area (Å²) in [7, 11) is -3.77. The number of anilines is 2. The molecule has 2 aromatic rings. The van der Waals surface area contributed by atoms with Gasteiger partial charge in [-0.15, -0.1) is 0 Å². The van der Waals surface area contributed by atoms with Gasteiger partial charge in [-0.05, 0) is 58.1 Å². The Kier molecular flexibility index (Phi) is 5.61. The topological polar surface area (TPSA) is 97.1 Å². The van der Waals surface area contributed by atoms with E-state index in [0.29, 0.717) is 5.69 Å². The summed E-state index contributed by atoms with van der Waals surface area (Å²) in [6.45, 7) is 4.00. The van der Waals surface area contributed by atoms with Crippen LogP contribution in [0.2, 0.25) is 0 Å². The van der Waals surface area contributed by atoms with E-state index in [1.807, 2.05) is 6.07 Å². The highest BCUT2D eigenvalue weighted by Gasteiger charge is 2.24. The second-order valence-corrected chi connectivity index (χ2v) is 8.10. The summed E-state index contributed by atoms with van der Waals surface area (Å²) in [5, 5.41) is 7.00. The molecule has 0 amide bonds. The van der Waals surface area contributed by atoms with Gasteiger partial charge in [0.25, 0.3) is 10.0 Å². The third-order valence-corrected chi connectivity index (χ3v) is 6.00. The first kappa shape index (κ1) is 18.4. The Morgan fingerprint density at radius 2 is 2.08 bits per heavy atom. The van der Waals surface area contributed by atoms with Crippen molar-refractivity contribution in [3.05, 3.63) is 41.4 Å². The minimum Gasteiger partial charge on any atom is -0.383 e. The van der Waals surface area contributed by atoms with Crippen molar-refractivity contribution >= 4 is 21.5 Å². The van der Waals surface area contributed by atoms with Crippen molar-refractivity contribution in [2.75, 3.05) is 16.6 Å². The van der Waals surface area contributed by atoms with Gasteiger partial charge in [-0.2, -0.15) is 0 Å². The molecule has 3 rings (SSSR count). The Labute approximate surface area is 153 Å². The zero-order valence-corrected chi connectivity index (χ0v) is 15.9. The highest BCUT2D eigenvalue weighted by molar-refractivity contribution is 7.92. The minimum atomic E-state index is -3.77. The first-order valence-corrected chi connectivity index (χ1v) is 10.3. The van der Waals surface area contributed by atoms with E-state index in [1.54, 1.807) is 26.1 Å². The summed E-state index contributed by atoms with van der Waals surface area (Å²) in [4.78, 5) is 4.24. The standard InChI is InChI=1S/C18H24N4O3S/c1-13-18(14(2)25-21-13)26(23,24)22-17-9-8-16(12-20-17)19-11-10-15-6-4-3-5-7-15/h6,8-9,12,19H,3-5,7,10-11H2,1-2H3,(H,20,22). The van der Waals surface area contributed by atoms with E-state index < -0.39 is 10.0 Å². The van der Waals surface area contributed by atoms with Crippen molar-refractivity contribution < 1.29 is 12.9 Å². The molecule has 0 radical (unpaired) electrons. The molecule has 0 fully saturated rings. The van der Waals surface area contributed by atoms with E-state index in [-0.39, 0.29) is 16.5 Å². The fourth-order valence-corrected chi connectivity index (χ4v) is 4.44. The lowest BCUT2D eigenvalue weighted by atomic mass is 9.97. The minimum absolute atomic E-state index is 0.0576. The highest BCUT2D eigenvalue weighted by Crippen LogP contribution is 2.22. The monoisotopic (exact) mass is 376 g/mol. The summed E-state index contributed by atoms with van der Waals surface area (Å²) in [6, 6.07) is 3.45. The largest absolute Gasteiger partial charge is 0.383 e. The van der Waals surface area contributed by atoms with E-state index in [1.165, 1.54) is 31.3 Å². The molecule has 26 heavy (non-hydrogen) atoms. The van der Waals surface area contributed by atoms with Gasteiger partial charge >= 0.3 is 0 Å². The predicted molar refractivity (Wildman–Crippen MR) is 101 cm³/mol. The molecule has 2 N–H and O–H groups in total. The third-order valence-electron chi connectivity index (χ3n) is 4.40. The molecule has 0 unspecified atom stereocenters. The Morgan fingerprint density at radius 1 is 1.23 bits per heavy atom. The molecule has 1 aliphatic rings. The van der Waals surface area contributed by atoms with Crippen molar-refractivity contribution in [2.45, 2.75) is 50.8 Å². The van der Waals surface area contributed by atoms with Crippen LogP contribution in [0.1, 0.15) is 43.6 Å². The maximum Gasteiger partial charge on any atom is 0.268 e. The second-order valence-electron chi connectivity index (χ2n) is 6.48. The molecule has 8 heteroatoms. The summed E-state index contributed by atoms with van der Waals surface area (Å²) in [5.74, 6) is 0.510. The predicted octanol–water partition coefficient (Wildman–Crippen LogP) is 3.79. The first-order chi connectivity index (χ1) is 12.5. The summed E-state index contributed by atoms with van der Waals surface area (Å²) < 4.78 is 32.3. The zero-order valence-electron chi connectivity index (χ0n) is 15.1. The average molecular weight is 376 g/mol. The number of hydrogen-bond donors (Lipinski definition) is 2. The Hall–Kier alpha value is -2.35. The molecule has 0 atom stereocenters. The van der Waals surface area contributed by atoms with Crippen LogP contribution in [0.3, 0.4) is 0 Å². The normalized spacial score (nSPS) is 14.8. The van der Waals surface area contributed by atoms with E-state index in [4.69, 9.17) is 4.52 Å². The van der Waals surface area contributed by atoms with Gasteiger partial charge in [0, 0.05) is 6.54 Å². The first-order valence-electron chi connectivity index (χ1n) is 8.79. The van der Waals surface area contributed by atoms with E-state index in [9.17, 15) is 8.42 Å². The van der Waals surface area contributed by atoms with E-state index in [2.05, 4.69) is 26.3 Å². The molecule has 140 valence electrons. The van der Waals surface area contributed by atoms with E-state index in [0.717, 1.165) is 18.7 Å². The lowest BCUT2D eigenvalue weighted by Crippen LogP contribution is -2.15. The quantitative estimate of drug-likeness (QED) is 0.714.